The van der Waals surface area contributed by atoms with E-state index in [1.54, 1.807) is 0 Å². The Labute approximate surface area is 112 Å². The molecule has 0 radical (unpaired) electrons. The van der Waals surface area contributed by atoms with Crippen molar-refractivity contribution in [2.75, 3.05) is 0 Å². The number of rotatable bonds is 6. The fourth-order valence-electron chi connectivity index (χ4n) is 2.13. The molecule has 0 atom stereocenters. The average molecular weight is 259 g/mol. The predicted octanol–water partition coefficient (Wildman–Crippen LogP) is 2.00. The molecule has 0 saturated heterocycles. The summed E-state index contributed by atoms with van der Waals surface area (Å²) in [4.78, 5) is 10.5. The molecule has 0 unspecified atom stereocenters. The molecule has 1 heterocycles. The highest BCUT2D eigenvalue weighted by Gasteiger charge is 2.12. The summed E-state index contributed by atoms with van der Waals surface area (Å²) in [6.45, 7) is 3.65. The Hall–Kier alpha value is -2.10. The van der Waals surface area contributed by atoms with Gasteiger partial charge in [0.15, 0.2) is 0 Å². The van der Waals surface area contributed by atoms with Gasteiger partial charge in [0.05, 0.1) is 6.54 Å². The molecule has 1 aromatic carbocycles. The van der Waals surface area contributed by atoms with Crippen molar-refractivity contribution in [1.82, 2.24) is 4.57 Å². The number of hydrogen-bond donors (Lipinski definition) is 1. The first-order chi connectivity index (χ1) is 9.16. The summed E-state index contributed by atoms with van der Waals surface area (Å²) in [5.41, 5.74) is 1.26. The molecule has 4 heteroatoms. The molecule has 100 valence electrons. The summed E-state index contributed by atoms with van der Waals surface area (Å²) in [7, 11) is 0. The van der Waals surface area contributed by atoms with E-state index in [1.165, 1.54) is 5.56 Å². The molecule has 2 rings (SSSR count). The third-order valence-electron chi connectivity index (χ3n) is 3.24. The van der Waals surface area contributed by atoms with Gasteiger partial charge in [0.1, 0.15) is 18.9 Å². The standard InChI is InChI=1S/C15H18N2O2/c1-13-16(9-5-8-15(18)19)10-11-17(13)12-14-6-3-2-4-7-14/h2-4,6-7,10-11H,5,8-9,12H2,1H3/p+1. The molecule has 0 aliphatic rings. The van der Waals surface area contributed by atoms with Crippen molar-refractivity contribution in [3.8, 4) is 0 Å². The number of benzene rings is 1. The van der Waals surface area contributed by atoms with Crippen molar-refractivity contribution in [1.29, 1.82) is 0 Å². The van der Waals surface area contributed by atoms with E-state index >= 15 is 0 Å². The van der Waals surface area contributed by atoms with Crippen LogP contribution < -0.4 is 4.57 Å². The summed E-state index contributed by atoms with van der Waals surface area (Å²) in [5.74, 6) is 0.413. The van der Waals surface area contributed by atoms with Gasteiger partial charge in [-0.3, -0.25) is 4.79 Å². The number of aromatic nitrogens is 2. The van der Waals surface area contributed by atoms with Crippen LogP contribution in [0.2, 0.25) is 0 Å². The van der Waals surface area contributed by atoms with Crippen LogP contribution in [0.1, 0.15) is 24.2 Å². The van der Waals surface area contributed by atoms with E-state index in [4.69, 9.17) is 5.11 Å². The normalized spacial score (nSPS) is 10.6. The number of aryl methyl sites for hydroxylation is 1. The van der Waals surface area contributed by atoms with Crippen LogP contribution in [0.25, 0.3) is 0 Å². The van der Waals surface area contributed by atoms with Crippen molar-refractivity contribution in [3.05, 3.63) is 54.1 Å². The summed E-state index contributed by atoms with van der Waals surface area (Å²) in [6.07, 6.45) is 4.94. The minimum atomic E-state index is -0.734. The second-order valence-corrected chi connectivity index (χ2v) is 4.65. The maximum Gasteiger partial charge on any atom is 0.303 e. The molecule has 0 fully saturated rings. The van der Waals surface area contributed by atoms with Gasteiger partial charge in [0.25, 0.3) is 5.82 Å². The smallest absolute Gasteiger partial charge is 0.303 e. The quantitative estimate of drug-likeness (QED) is 0.806. The molecule has 1 N–H and O–H groups in total. The van der Waals surface area contributed by atoms with E-state index in [9.17, 15) is 4.79 Å². The lowest BCUT2D eigenvalue weighted by atomic mass is 10.2. The van der Waals surface area contributed by atoms with Gasteiger partial charge in [-0.05, 0) is 12.0 Å². The van der Waals surface area contributed by atoms with E-state index in [0.717, 1.165) is 18.9 Å². The van der Waals surface area contributed by atoms with Crippen molar-refractivity contribution in [3.63, 3.8) is 0 Å². The van der Waals surface area contributed by atoms with E-state index < -0.39 is 5.97 Å². The lowest BCUT2D eigenvalue weighted by molar-refractivity contribution is -0.694. The van der Waals surface area contributed by atoms with Crippen LogP contribution in [0.15, 0.2) is 42.7 Å². The van der Waals surface area contributed by atoms with Crippen LogP contribution >= 0.6 is 0 Å². The topological polar surface area (TPSA) is 46.1 Å². The summed E-state index contributed by atoms with van der Waals surface area (Å²) in [6, 6.07) is 10.3. The van der Waals surface area contributed by atoms with Crippen LogP contribution in [0.5, 0.6) is 0 Å². The molecule has 0 bridgehead atoms. The zero-order valence-electron chi connectivity index (χ0n) is 11.1. The molecule has 4 nitrogen and oxygen atoms in total. The Morgan fingerprint density at radius 3 is 2.74 bits per heavy atom. The third-order valence-corrected chi connectivity index (χ3v) is 3.24. The summed E-state index contributed by atoms with van der Waals surface area (Å²) < 4.78 is 4.28. The number of nitrogens with zero attached hydrogens (tertiary/aromatic N) is 2. The first-order valence-electron chi connectivity index (χ1n) is 6.47. The van der Waals surface area contributed by atoms with Gasteiger partial charge in [-0.1, -0.05) is 30.3 Å². The van der Waals surface area contributed by atoms with E-state index in [-0.39, 0.29) is 6.42 Å². The Balaban J connectivity index is 2.00. The van der Waals surface area contributed by atoms with Gasteiger partial charge < -0.3 is 5.11 Å². The Bertz CT molecular complexity index is 547. The monoisotopic (exact) mass is 259 g/mol. The van der Waals surface area contributed by atoms with Crippen molar-refractivity contribution < 1.29 is 14.5 Å². The van der Waals surface area contributed by atoms with Crippen LogP contribution in [-0.4, -0.2) is 15.6 Å². The lowest BCUT2D eigenvalue weighted by Gasteiger charge is -2.01. The minimum absolute atomic E-state index is 0.219. The summed E-state index contributed by atoms with van der Waals surface area (Å²) >= 11 is 0. The Kier molecular flexibility index (Phi) is 4.34. The number of carboxylic acid groups (broad SMARTS) is 1. The van der Waals surface area contributed by atoms with Gasteiger partial charge in [0, 0.05) is 13.3 Å². The van der Waals surface area contributed by atoms with Crippen molar-refractivity contribution in [2.45, 2.75) is 32.9 Å². The maximum atomic E-state index is 10.5. The van der Waals surface area contributed by atoms with E-state index in [2.05, 4.69) is 28.2 Å². The van der Waals surface area contributed by atoms with Gasteiger partial charge >= 0.3 is 5.97 Å². The molecule has 0 amide bonds. The predicted molar refractivity (Wildman–Crippen MR) is 71.8 cm³/mol. The van der Waals surface area contributed by atoms with Crippen LogP contribution in [0.4, 0.5) is 0 Å². The molecule has 0 aliphatic carbocycles. The molecule has 19 heavy (non-hydrogen) atoms. The fourth-order valence-corrected chi connectivity index (χ4v) is 2.13. The third kappa shape index (κ3) is 3.68. The van der Waals surface area contributed by atoms with Crippen molar-refractivity contribution in [2.24, 2.45) is 0 Å². The largest absolute Gasteiger partial charge is 0.481 e. The molecule has 2 aromatic rings. The number of imidazole rings is 1. The first kappa shape index (κ1) is 13.3. The number of aliphatic carboxylic acids is 1. The second kappa shape index (κ2) is 6.18. The molecule has 0 spiro atoms. The fraction of sp³-hybridized carbons (Fsp3) is 0.333. The molecule has 0 aliphatic heterocycles. The zero-order valence-corrected chi connectivity index (χ0v) is 11.1. The highest BCUT2D eigenvalue weighted by molar-refractivity contribution is 5.66. The average Bonchev–Trinajstić information content (AvgIpc) is 2.72. The van der Waals surface area contributed by atoms with Crippen LogP contribution in [0, 0.1) is 6.92 Å². The van der Waals surface area contributed by atoms with Crippen LogP contribution in [0.3, 0.4) is 0 Å². The van der Waals surface area contributed by atoms with Gasteiger partial charge in [-0.15, -0.1) is 0 Å². The highest BCUT2D eigenvalue weighted by Crippen LogP contribution is 2.02. The zero-order chi connectivity index (χ0) is 13.7. The Morgan fingerprint density at radius 2 is 2.05 bits per heavy atom. The molecule has 0 saturated carbocycles. The molecular formula is C15H19N2O2+. The Morgan fingerprint density at radius 1 is 1.32 bits per heavy atom. The van der Waals surface area contributed by atoms with E-state index in [1.807, 2.05) is 30.6 Å². The SMILES string of the molecule is Cc1n(CCCC(=O)O)cc[n+]1Cc1ccccc1. The van der Waals surface area contributed by atoms with Crippen molar-refractivity contribution >= 4 is 5.97 Å². The highest BCUT2D eigenvalue weighted by atomic mass is 16.4. The van der Waals surface area contributed by atoms with Gasteiger partial charge in [-0.2, -0.15) is 0 Å². The molecular weight excluding hydrogens is 240 g/mol. The van der Waals surface area contributed by atoms with Gasteiger partial charge in [-0.25, -0.2) is 9.13 Å². The molecule has 1 aromatic heterocycles. The maximum absolute atomic E-state index is 10.5. The van der Waals surface area contributed by atoms with Crippen LogP contribution in [-0.2, 0) is 17.9 Å². The second-order valence-electron chi connectivity index (χ2n) is 4.65. The van der Waals surface area contributed by atoms with Gasteiger partial charge in [0.2, 0.25) is 0 Å². The lowest BCUT2D eigenvalue weighted by Crippen LogP contribution is -2.36. The van der Waals surface area contributed by atoms with E-state index in [0.29, 0.717) is 6.42 Å². The number of carboxylic acids is 1. The summed E-state index contributed by atoms with van der Waals surface area (Å²) in [5, 5.41) is 8.65. The number of hydrogen-bond acceptors (Lipinski definition) is 1. The minimum Gasteiger partial charge on any atom is -0.481 e. The number of carbonyl (C=O) groups is 1. The first-order valence-corrected chi connectivity index (χ1v) is 6.47.